The number of nitrogens with zero attached hydrogens (tertiary/aromatic N) is 1. The molecule has 2 aromatic rings. The van der Waals surface area contributed by atoms with Crippen molar-refractivity contribution in [3.63, 3.8) is 0 Å². The zero-order valence-corrected chi connectivity index (χ0v) is 9.60. The van der Waals surface area contributed by atoms with Gasteiger partial charge in [-0.3, -0.25) is 0 Å². The van der Waals surface area contributed by atoms with Crippen molar-refractivity contribution >= 4 is 5.69 Å². The molecule has 0 saturated carbocycles. The molecular formula is C13H16N2O. The van der Waals surface area contributed by atoms with Crippen molar-refractivity contribution in [2.75, 3.05) is 12.8 Å². The van der Waals surface area contributed by atoms with Crippen molar-refractivity contribution in [2.45, 2.75) is 13.5 Å². The van der Waals surface area contributed by atoms with Gasteiger partial charge in [-0.2, -0.15) is 0 Å². The predicted octanol–water partition coefficient (Wildman–Crippen LogP) is 2.77. The van der Waals surface area contributed by atoms with E-state index in [1.807, 2.05) is 30.5 Å². The maximum absolute atomic E-state index is 5.98. The molecule has 0 spiro atoms. The molecule has 0 radical (unpaired) electrons. The molecule has 0 amide bonds. The number of aromatic nitrogens is 1. The molecule has 1 heterocycles. The fourth-order valence-electron chi connectivity index (χ4n) is 1.74. The SMILES string of the molecule is CCn1cc(N)c(-c2cccc(OC)c2)c1. The van der Waals surface area contributed by atoms with E-state index in [2.05, 4.69) is 17.7 Å². The van der Waals surface area contributed by atoms with E-state index in [0.29, 0.717) is 0 Å². The fourth-order valence-corrected chi connectivity index (χ4v) is 1.74. The van der Waals surface area contributed by atoms with Gasteiger partial charge in [0.25, 0.3) is 0 Å². The van der Waals surface area contributed by atoms with Crippen molar-refractivity contribution in [3.8, 4) is 16.9 Å². The molecule has 2 rings (SSSR count). The van der Waals surface area contributed by atoms with Crippen LogP contribution in [0.2, 0.25) is 0 Å². The minimum atomic E-state index is 0.801. The van der Waals surface area contributed by atoms with Gasteiger partial charge < -0.3 is 15.0 Å². The van der Waals surface area contributed by atoms with Crippen molar-refractivity contribution in [1.82, 2.24) is 4.57 Å². The second kappa shape index (κ2) is 4.31. The van der Waals surface area contributed by atoms with Crippen LogP contribution in [0.25, 0.3) is 11.1 Å². The zero-order chi connectivity index (χ0) is 11.5. The lowest BCUT2D eigenvalue weighted by atomic mass is 10.1. The Bertz CT molecular complexity index is 488. The second-order valence-corrected chi connectivity index (χ2v) is 3.69. The molecule has 0 bridgehead atoms. The van der Waals surface area contributed by atoms with E-state index in [9.17, 15) is 0 Å². The summed E-state index contributed by atoms with van der Waals surface area (Å²) in [5.74, 6) is 0.848. The number of anilines is 1. The first-order valence-corrected chi connectivity index (χ1v) is 5.34. The van der Waals surface area contributed by atoms with Gasteiger partial charge >= 0.3 is 0 Å². The molecule has 84 valence electrons. The van der Waals surface area contributed by atoms with Crippen LogP contribution in [0.5, 0.6) is 5.75 Å². The van der Waals surface area contributed by atoms with Crippen LogP contribution in [0.15, 0.2) is 36.7 Å². The Morgan fingerprint density at radius 2 is 2.12 bits per heavy atom. The van der Waals surface area contributed by atoms with E-state index < -0.39 is 0 Å². The van der Waals surface area contributed by atoms with Crippen molar-refractivity contribution < 1.29 is 4.74 Å². The van der Waals surface area contributed by atoms with E-state index in [1.54, 1.807) is 7.11 Å². The molecule has 1 aromatic carbocycles. The van der Waals surface area contributed by atoms with Gasteiger partial charge in [-0.15, -0.1) is 0 Å². The molecule has 3 heteroatoms. The lowest BCUT2D eigenvalue weighted by Gasteiger charge is -2.03. The summed E-state index contributed by atoms with van der Waals surface area (Å²) in [6.45, 7) is 3.02. The van der Waals surface area contributed by atoms with Gasteiger partial charge in [0.1, 0.15) is 5.75 Å². The summed E-state index contributed by atoms with van der Waals surface area (Å²) < 4.78 is 7.28. The highest BCUT2D eigenvalue weighted by Gasteiger charge is 2.06. The largest absolute Gasteiger partial charge is 0.497 e. The summed E-state index contributed by atoms with van der Waals surface area (Å²) in [7, 11) is 1.67. The second-order valence-electron chi connectivity index (χ2n) is 3.69. The van der Waals surface area contributed by atoms with E-state index in [4.69, 9.17) is 10.5 Å². The summed E-state index contributed by atoms with van der Waals surface area (Å²) in [6.07, 6.45) is 4.01. The van der Waals surface area contributed by atoms with Gasteiger partial charge in [-0.1, -0.05) is 12.1 Å². The lowest BCUT2D eigenvalue weighted by molar-refractivity contribution is 0.415. The molecule has 16 heavy (non-hydrogen) atoms. The Balaban J connectivity index is 2.45. The monoisotopic (exact) mass is 216 g/mol. The Hall–Kier alpha value is -1.90. The fraction of sp³-hybridized carbons (Fsp3) is 0.231. The van der Waals surface area contributed by atoms with Crippen LogP contribution in [0, 0.1) is 0 Å². The number of ether oxygens (including phenoxy) is 1. The van der Waals surface area contributed by atoms with Crippen molar-refractivity contribution in [1.29, 1.82) is 0 Å². The molecule has 0 unspecified atom stereocenters. The number of hydrogen-bond donors (Lipinski definition) is 1. The molecule has 0 aliphatic heterocycles. The maximum atomic E-state index is 5.98. The van der Waals surface area contributed by atoms with Crippen LogP contribution >= 0.6 is 0 Å². The third-order valence-corrected chi connectivity index (χ3v) is 2.66. The predicted molar refractivity (Wildman–Crippen MR) is 66.5 cm³/mol. The number of rotatable bonds is 3. The van der Waals surface area contributed by atoms with Gasteiger partial charge in [0.2, 0.25) is 0 Å². The highest BCUT2D eigenvalue weighted by atomic mass is 16.5. The van der Waals surface area contributed by atoms with E-state index in [-0.39, 0.29) is 0 Å². The quantitative estimate of drug-likeness (QED) is 0.857. The smallest absolute Gasteiger partial charge is 0.119 e. The van der Waals surface area contributed by atoms with Gasteiger partial charge in [0, 0.05) is 24.5 Å². The molecule has 3 nitrogen and oxygen atoms in total. The molecule has 0 aliphatic rings. The average Bonchev–Trinajstić information content (AvgIpc) is 2.71. The average molecular weight is 216 g/mol. The highest BCUT2D eigenvalue weighted by molar-refractivity contribution is 5.76. The highest BCUT2D eigenvalue weighted by Crippen LogP contribution is 2.29. The maximum Gasteiger partial charge on any atom is 0.119 e. The number of nitrogens with two attached hydrogens (primary N) is 1. The first kappa shape index (κ1) is 10.6. The van der Waals surface area contributed by atoms with Crippen LogP contribution in [-0.2, 0) is 6.54 Å². The summed E-state index contributed by atoms with van der Waals surface area (Å²) in [5, 5.41) is 0. The molecule has 0 aliphatic carbocycles. The number of aryl methyl sites for hydroxylation is 1. The zero-order valence-electron chi connectivity index (χ0n) is 9.60. The Morgan fingerprint density at radius 3 is 2.75 bits per heavy atom. The molecule has 0 fully saturated rings. The first-order chi connectivity index (χ1) is 7.74. The van der Waals surface area contributed by atoms with E-state index in [0.717, 1.165) is 29.1 Å². The van der Waals surface area contributed by atoms with Crippen LogP contribution < -0.4 is 10.5 Å². The minimum Gasteiger partial charge on any atom is -0.497 e. The Morgan fingerprint density at radius 1 is 1.31 bits per heavy atom. The van der Waals surface area contributed by atoms with Crippen LogP contribution in [-0.4, -0.2) is 11.7 Å². The number of benzene rings is 1. The van der Waals surface area contributed by atoms with Crippen LogP contribution in [0.4, 0.5) is 5.69 Å². The van der Waals surface area contributed by atoms with Crippen molar-refractivity contribution in [3.05, 3.63) is 36.7 Å². The Labute approximate surface area is 95.5 Å². The number of nitrogen functional groups attached to an aromatic ring is 1. The van der Waals surface area contributed by atoms with Gasteiger partial charge in [0.15, 0.2) is 0 Å². The topological polar surface area (TPSA) is 40.2 Å². The first-order valence-electron chi connectivity index (χ1n) is 5.34. The molecule has 1 aromatic heterocycles. The van der Waals surface area contributed by atoms with E-state index >= 15 is 0 Å². The van der Waals surface area contributed by atoms with E-state index in [1.165, 1.54) is 0 Å². The third-order valence-electron chi connectivity index (χ3n) is 2.66. The number of methoxy groups -OCH3 is 1. The van der Waals surface area contributed by atoms with Crippen molar-refractivity contribution in [2.24, 2.45) is 0 Å². The summed E-state index contributed by atoms with van der Waals surface area (Å²) in [6, 6.07) is 7.92. The van der Waals surface area contributed by atoms with Crippen LogP contribution in [0.3, 0.4) is 0 Å². The normalized spacial score (nSPS) is 10.4. The van der Waals surface area contributed by atoms with Gasteiger partial charge in [0.05, 0.1) is 12.8 Å². The van der Waals surface area contributed by atoms with Gasteiger partial charge in [-0.05, 0) is 24.6 Å². The molecule has 2 N–H and O–H groups in total. The summed E-state index contributed by atoms with van der Waals surface area (Å²) in [5.41, 5.74) is 8.92. The standard InChI is InChI=1S/C13H16N2O/c1-3-15-8-12(13(14)9-15)10-5-4-6-11(7-10)16-2/h4-9H,3,14H2,1-2H3. The number of hydrogen-bond acceptors (Lipinski definition) is 2. The molecule has 0 atom stereocenters. The third kappa shape index (κ3) is 1.89. The minimum absolute atomic E-state index is 0.801. The summed E-state index contributed by atoms with van der Waals surface area (Å²) in [4.78, 5) is 0. The Kier molecular flexibility index (Phi) is 2.86. The molecule has 0 saturated heterocycles. The van der Waals surface area contributed by atoms with Gasteiger partial charge in [-0.25, -0.2) is 0 Å². The lowest BCUT2D eigenvalue weighted by Crippen LogP contribution is -1.87. The van der Waals surface area contributed by atoms with Crippen LogP contribution in [0.1, 0.15) is 6.92 Å². The summed E-state index contributed by atoms with van der Waals surface area (Å²) >= 11 is 0. The molecular weight excluding hydrogens is 200 g/mol.